The van der Waals surface area contributed by atoms with Crippen molar-refractivity contribution in [3.8, 4) is 0 Å². The minimum Gasteiger partial charge on any atom is -0.487 e. The highest BCUT2D eigenvalue weighted by molar-refractivity contribution is 6.65. The first-order valence-corrected chi connectivity index (χ1v) is 6.08. The van der Waals surface area contributed by atoms with Crippen LogP contribution < -0.4 is 10.6 Å². The van der Waals surface area contributed by atoms with Crippen LogP contribution in [0.1, 0.15) is 6.92 Å². The van der Waals surface area contributed by atoms with Gasteiger partial charge in [-0.05, 0) is 30.7 Å². The van der Waals surface area contributed by atoms with E-state index in [4.69, 9.17) is 16.3 Å². The second kappa shape index (κ2) is 6.09. The summed E-state index contributed by atoms with van der Waals surface area (Å²) in [7, 11) is 0. The molecule has 1 aromatic rings. The molecule has 0 saturated carbocycles. The van der Waals surface area contributed by atoms with Crippen molar-refractivity contribution < 1.29 is 9.53 Å². The van der Waals surface area contributed by atoms with Crippen LogP contribution >= 0.6 is 11.6 Å². The summed E-state index contributed by atoms with van der Waals surface area (Å²) in [6.45, 7) is 2.21. The number of benzene rings is 1. The van der Waals surface area contributed by atoms with Crippen LogP contribution in [0.4, 0.5) is 5.69 Å². The quantitative estimate of drug-likeness (QED) is 0.654. The average molecular weight is 278 g/mol. The predicted molar refractivity (Wildman–Crippen MR) is 74.3 cm³/mol. The number of rotatable bonds is 4. The molecule has 1 aromatic carbocycles. The molecule has 1 aliphatic heterocycles. The van der Waals surface area contributed by atoms with Crippen LogP contribution in [0.5, 0.6) is 0 Å². The van der Waals surface area contributed by atoms with Gasteiger partial charge in [-0.2, -0.15) is 4.99 Å². The Hall–Kier alpha value is -2.23. The Labute approximate surface area is 115 Å². The van der Waals surface area contributed by atoms with Crippen molar-refractivity contribution in [2.24, 2.45) is 4.99 Å². The molecule has 0 amide bonds. The van der Waals surface area contributed by atoms with E-state index in [0.717, 1.165) is 5.69 Å². The van der Waals surface area contributed by atoms with Crippen molar-refractivity contribution in [1.82, 2.24) is 5.32 Å². The van der Waals surface area contributed by atoms with Gasteiger partial charge < -0.3 is 15.4 Å². The van der Waals surface area contributed by atoms with Crippen molar-refractivity contribution >= 4 is 28.5 Å². The fourth-order valence-electron chi connectivity index (χ4n) is 1.55. The largest absolute Gasteiger partial charge is 0.487 e. The first-order valence-electron chi connectivity index (χ1n) is 5.70. The second-order valence-corrected chi connectivity index (χ2v) is 3.96. The molecule has 2 rings (SSSR count). The van der Waals surface area contributed by atoms with E-state index in [9.17, 15) is 4.79 Å². The summed E-state index contributed by atoms with van der Waals surface area (Å²) in [4.78, 5) is 15.0. The molecule has 0 saturated heterocycles. The summed E-state index contributed by atoms with van der Waals surface area (Å²) >= 11 is 5.83. The molecule has 0 radical (unpaired) electrons. The van der Waals surface area contributed by atoms with Crippen LogP contribution in [0.2, 0.25) is 0 Å². The number of halogens is 1. The third-order valence-electron chi connectivity index (χ3n) is 2.31. The zero-order valence-corrected chi connectivity index (χ0v) is 11.0. The van der Waals surface area contributed by atoms with Crippen LogP contribution in [-0.2, 0) is 9.53 Å². The number of ether oxygens (including phenoxy) is 1. The van der Waals surface area contributed by atoms with Gasteiger partial charge in [0.1, 0.15) is 0 Å². The first kappa shape index (κ1) is 13.2. The molecule has 0 aromatic heterocycles. The van der Waals surface area contributed by atoms with Gasteiger partial charge >= 0.3 is 0 Å². The molecule has 0 fully saturated rings. The Morgan fingerprint density at radius 3 is 2.79 bits per heavy atom. The molecule has 2 N–H and O–H groups in total. The highest BCUT2D eigenvalue weighted by Gasteiger charge is 2.21. The molecular weight excluding hydrogens is 266 g/mol. The van der Waals surface area contributed by atoms with Gasteiger partial charge in [0.15, 0.2) is 23.2 Å². The van der Waals surface area contributed by atoms with Crippen LogP contribution in [0.15, 0.2) is 52.6 Å². The summed E-state index contributed by atoms with van der Waals surface area (Å²) in [5.74, 6) is 2.42. The number of carbonyl (C=O) groups excluding carboxylic acids is 1. The van der Waals surface area contributed by atoms with E-state index in [-0.39, 0.29) is 11.0 Å². The average Bonchev–Trinajstić information content (AvgIpc) is 2.42. The van der Waals surface area contributed by atoms with E-state index in [2.05, 4.69) is 15.6 Å². The lowest BCUT2D eigenvalue weighted by Gasteiger charge is -2.19. The third kappa shape index (κ3) is 3.16. The molecule has 98 valence electrons. The highest BCUT2D eigenvalue weighted by atomic mass is 35.5. The van der Waals surface area contributed by atoms with Gasteiger partial charge in [0.25, 0.3) is 0 Å². The van der Waals surface area contributed by atoms with Crippen LogP contribution in [0, 0.1) is 0 Å². The van der Waals surface area contributed by atoms with Crippen molar-refractivity contribution in [3.63, 3.8) is 0 Å². The second-order valence-electron chi connectivity index (χ2n) is 3.61. The molecule has 0 unspecified atom stereocenters. The lowest BCUT2D eigenvalue weighted by Crippen LogP contribution is -2.27. The van der Waals surface area contributed by atoms with Gasteiger partial charge in [0, 0.05) is 5.69 Å². The van der Waals surface area contributed by atoms with Gasteiger partial charge in [-0.1, -0.05) is 18.2 Å². The summed E-state index contributed by atoms with van der Waals surface area (Å²) in [5, 5.41) is 5.74. The zero-order chi connectivity index (χ0) is 13.7. The number of amidine groups is 1. The number of hydrogen-bond acceptors (Lipinski definition) is 5. The minimum atomic E-state index is 0.0836. The van der Waals surface area contributed by atoms with Gasteiger partial charge in [0.05, 0.1) is 6.61 Å². The third-order valence-corrected chi connectivity index (χ3v) is 2.49. The van der Waals surface area contributed by atoms with Gasteiger partial charge in [-0.25, -0.2) is 4.79 Å². The van der Waals surface area contributed by atoms with E-state index in [1.54, 1.807) is 5.94 Å². The van der Waals surface area contributed by atoms with Crippen molar-refractivity contribution in [2.45, 2.75) is 6.92 Å². The molecule has 0 aliphatic carbocycles. The Kier molecular flexibility index (Phi) is 4.23. The van der Waals surface area contributed by atoms with E-state index >= 15 is 0 Å². The number of hydrogen-bond donors (Lipinski definition) is 2. The summed E-state index contributed by atoms with van der Waals surface area (Å²) in [6.07, 6.45) is 0. The molecule has 5 nitrogen and oxygen atoms in total. The Morgan fingerprint density at radius 1 is 1.42 bits per heavy atom. The topological polar surface area (TPSA) is 62.7 Å². The summed E-state index contributed by atoms with van der Waals surface area (Å²) in [6, 6.07) is 9.40. The molecule has 0 spiro atoms. The molecule has 1 heterocycles. The van der Waals surface area contributed by atoms with Crippen LogP contribution in [0.3, 0.4) is 0 Å². The lowest BCUT2D eigenvalue weighted by atomic mass is 10.3. The maximum Gasteiger partial charge on any atom is 0.203 e. The highest BCUT2D eigenvalue weighted by Crippen LogP contribution is 2.21. The Bertz CT molecular complexity index is 575. The smallest absolute Gasteiger partial charge is 0.203 e. The molecule has 0 atom stereocenters. The predicted octanol–water partition coefficient (Wildman–Crippen LogP) is 2.22. The number of nitrogens with one attached hydrogen (secondary N) is 2. The zero-order valence-electron chi connectivity index (χ0n) is 10.2. The molecule has 19 heavy (non-hydrogen) atoms. The SMILES string of the molecule is CCOC1=C(Nc2ccccc2)N=C(Cl)NC1=C=O. The molecule has 6 heteroatoms. The van der Waals surface area contributed by atoms with Gasteiger partial charge in [-0.3, -0.25) is 0 Å². The maximum atomic E-state index is 10.9. The number of aliphatic imine (C=N–C) groups is 1. The summed E-state index contributed by atoms with van der Waals surface area (Å²) < 4.78 is 5.41. The minimum absolute atomic E-state index is 0.0836. The van der Waals surface area contributed by atoms with Crippen LogP contribution in [-0.4, -0.2) is 17.8 Å². The van der Waals surface area contributed by atoms with Gasteiger partial charge in [0.2, 0.25) is 5.29 Å². The lowest BCUT2D eigenvalue weighted by molar-refractivity contribution is 0.231. The van der Waals surface area contributed by atoms with Crippen molar-refractivity contribution in [2.75, 3.05) is 11.9 Å². The van der Waals surface area contributed by atoms with E-state index in [1.165, 1.54) is 0 Å². The van der Waals surface area contributed by atoms with Crippen LogP contribution in [0.25, 0.3) is 0 Å². The Balaban J connectivity index is 2.39. The number of anilines is 1. The molecular formula is C13H12ClN3O2. The number of para-hydroxylation sites is 1. The molecule has 1 aliphatic rings. The number of nitrogens with zero attached hydrogens (tertiary/aromatic N) is 1. The van der Waals surface area contributed by atoms with E-state index in [1.807, 2.05) is 37.3 Å². The Morgan fingerprint density at radius 2 is 2.16 bits per heavy atom. The van der Waals surface area contributed by atoms with Gasteiger partial charge in [-0.15, -0.1) is 0 Å². The standard InChI is InChI=1S/C13H12ClN3O2/c1-2-19-11-10(8-18)16-13(14)17-12(11)15-9-6-4-3-5-7-9/h3-7,15H,2H2,1H3,(H,16,17). The summed E-state index contributed by atoms with van der Waals surface area (Å²) in [5.41, 5.74) is 0.940. The first-order chi connectivity index (χ1) is 9.24. The fraction of sp³-hybridized carbons (Fsp3) is 0.154. The van der Waals surface area contributed by atoms with E-state index in [0.29, 0.717) is 18.2 Å². The van der Waals surface area contributed by atoms with Crippen molar-refractivity contribution in [1.29, 1.82) is 0 Å². The molecule has 0 bridgehead atoms. The monoisotopic (exact) mass is 277 g/mol. The van der Waals surface area contributed by atoms with Crippen molar-refractivity contribution in [3.05, 3.63) is 47.6 Å². The fourth-order valence-corrected chi connectivity index (χ4v) is 1.73. The van der Waals surface area contributed by atoms with E-state index < -0.39 is 0 Å². The maximum absolute atomic E-state index is 10.9. The normalized spacial score (nSPS) is 14.4.